The van der Waals surface area contributed by atoms with E-state index in [2.05, 4.69) is 27.6 Å². The molecule has 2 atom stereocenters. The van der Waals surface area contributed by atoms with E-state index >= 15 is 0 Å². The van der Waals surface area contributed by atoms with Crippen LogP contribution in [0.1, 0.15) is 59.8 Å². The lowest BCUT2D eigenvalue weighted by Crippen LogP contribution is -2.53. The average Bonchev–Trinajstić information content (AvgIpc) is 3.43. The summed E-state index contributed by atoms with van der Waals surface area (Å²) in [6.07, 6.45) is 3.31. The number of para-hydroxylation sites is 1. The van der Waals surface area contributed by atoms with Crippen LogP contribution >= 0.6 is 0 Å². The first-order chi connectivity index (χ1) is 18.8. The van der Waals surface area contributed by atoms with Crippen molar-refractivity contribution in [1.29, 1.82) is 0 Å². The van der Waals surface area contributed by atoms with Gasteiger partial charge in [-0.25, -0.2) is 0 Å². The number of benzene rings is 3. The number of nitrogens with one attached hydrogen (secondary N) is 2. The minimum atomic E-state index is -0.775. The van der Waals surface area contributed by atoms with Gasteiger partial charge >= 0.3 is 0 Å². The number of nitrogens with zero attached hydrogens (tertiary/aromatic N) is 2. The van der Waals surface area contributed by atoms with Crippen LogP contribution in [-0.2, 0) is 23.1 Å². The molecule has 0 radical (unpaired) electrons. The first kappa shape index (κ1) is 26.2. The largest absolute Gasteiger partial charge is 0.350 e. The van der Waals surface area contributed by atoms with E-state index in [1.165, 1.54) is 0 Å². The molecule has 2 N–H and O–H groups in total. The highest BCUT2D eigenvalue weighted by Gasteiger charge is 2.45. The highest BCUT2D eigenvalue weighted by atomic mass is 16.2. The summed E-state index contributed by atoms with van der Waals surface area (Å²) in [5.41, 5.74) is 9.76. The Morgan fingerprint density at radius 3 is 2.33 bits per heavy atom. The molecule has 4 aromatic rings. The smallest absolute Gasteiger partial charge is 0.261 e. The van der Waals surface area contributed by atoms with Crippen LogP contribution in [0.5, 0.6) is 0 Å². The maximum absolute atomic E-state index is 13.9. The second kappa shape index (κ2) is 11.2. The second-order valence-electron chi connectivity index (χ2n) is 10.6. The van der Waals surface area contributed by atoms with Crippen LogP contribution in [0, 0.1) is 5.92 Å². The Morgan fingerprint density at radius 1 is 0.872 bits per heavy atom. The van der Waals surface area contributed by atoms with Crippen LogP contribution in [0.25, 0.3) is 10.9 Å². The van der Waals surface area contributed by atoms with E-state index in [0.29, 0.717) is 18.4 Å². The van der Waals surface area contributed by atoms with Crippen molar-refractivity contribution in [3.05, 3.63) is 107 Å². The highest BCUT2D eigenvalue weighted by molar-refractivity contribution is 6.03. The zero-order valence-corrected chi connectivity index (χ0v) is 22.6. The van der Waals surface area contributed by atoms with Gasteiger partial charge in [-0.1, -0.05) is 80.6 Å². The summed E-state index contributed by atoms with van der Waals surface area (Å²) in [7, 11) is 1.99. The predicted molar refractivity (Wildman–Crippen MR) is 152 cm³/mol. The van der Waals surface area contributed by atoms with E-state index in [-0.39, 0.29) is 24.2 Å². The molecule has 7 nitrogen and oxygen atoms in total. The number of amides is 3. The molecule has 1 aromatic heterocycles. The predicted octanol–water partition coefficient (Wildman–Crippen LogP) is 4.92. The number of fused-ring (bicyclic) bond motifs is 2. The summed E-state index contributed by atoms with van der Waals surface area (Å²) in [6.45, 7) is 4.05. The number of hydrazine groups is 1. The quantitative estimate of drug-likeness (QED) is 0.322. The van der Waals surface area contributed by atoms with E-state index in [1.54, 1.807) is 4.90 Å². The van der Waals surface area contributed by atoms with Crippen molar-refractivity contribution >= 4 is 28.6 Å². The molecule has 7 heteroatoms. The molecule has 2 unspecified atom stereocenters. The fourth-order valence-electron chi connectivity index (χ4n) is 5.54. The Bertz CT molecular complexity index is 1510. The molecule has 2 heterocycles. The molecule has 1 aliphatic rings. The van der Waals surface area contributed by atoms with Gasteiger partial charge in [0.15, 0.2) is 0 Å². The van der Waals surface area contributed by atoms with Gasteiger partial charge in [0.2, 0.25) is 5.91 Å². The molecule has 0 bridgehead atoms. The topological polar surface area (TPSA) is 83.4 Å². The molecule has 0 fully saturated rings. The third-order valence-corrected chi connectivity index (χ3v) is 7.36. The first-order valence-corrected chi connectivity index (χ1v) is 13.4. The van der Waals surface area contributed by atoms with Crippen molar-refractivity contribution in [3.8, 4) is 0 Å². The number of aromatic nitrogens is 1. The zero-order valence-electron chi connectivity index (χ0n) is 22.6. The van der Waals surface area contributed by atoms with Crippen molar-refractivity contribution in [2.45, 2.75) is 45.2 Å². The standard InChI is InChI=1S/C32H34N4O3/c1-21(2)19-28(31(38)34-33-29(37)18-17-22-11-5-4-6-12-22)36-30(24-14-7-8-15-25(24)32(36)39)26-20-35(3)27-16-10-9-13-23(26)27/h4-16,20-21,28,30H,17-19H2,1-3H3,(H,33,37)(H,34,38). The third kappa shape index (κ3) is 5.30. The van der Waals surface area contributed by atoms with Crippen molar-refractivity contribution < 1.29 is 14.4 Å². The van der Waals surface area contributed by atoms with Crippen molar-refractivity contribution in [3.63, 3.8) is 0 Å². The molecule has 1 aliphatic heterocycles. The lowest BCUT2D eigenvalue weighted by molar-refractivity contribution is -0.132. The maximum Gasteiger partial charge on any atom is 0.261 e. The molecule has 0 saturated carbocycles. The Kier molecular flexibility index (Phi) is 7.50. The minimum Gasteiger partial charge on any atom is -0.350 e. The lowest BCUT2D eigenvalue weighted by Gasteiger charge is -2.33. The van der Waals surface area contributed by atoms with Gasteiger partial charge < -0.3 is 9.47 Å². The number of aryl methyl sites for hydroxylation is 2. The van der Waals surface area contributed by atoms with Gasteiger partial charge in [-0.05, 0) is 42.0 Å². The van der Waals surface area contributed by atoms with Gasteiger partial charge in [-0.2, -0.15) is 0 Å². The van der Waals surface area contributed by atoms with Crippen LogP contribution in [-0.4, -0.2) is 33.2 Å². The van der Waals surface area contributed by atoms with E-state index in [1.807, 2.05) is 93.8 Å². The Hall–Kier alpha value is -4.39. The highest BCUT2D eigenvalue weighted by Crippen LogP contribution is 2.43. The summed E-state index contributed by atoms with van der Waals surface area (Å²) in [6, 6.07) is 24.2. The van der Waals surface area contributed by atoms with E-state index < -0.39 is 18.0 Å². The molecule has 3 amide bonds. The lowest BCUT2D eigenvalue weighted by atomic mass is 9.95. The molecule has 0 spiro atoms. The van der Waals surface area contributed by atoms with E-state index in [9.17, 15) is 14.4 Å². The van der Waals surface area contributed by atoms with E-state index in [0.717, 1.165) is 27.6 Å². The molecular weight excluding hydrogens is 488 g/mol. The molecule has 39 heavy (non-hydrogen) atoms. The summed E-state index contributed by atoms with van der Waals surface area (Å²) in [5, 5.41) is 1.04. The summed E-state index contributed by atoms with van der Waals surface area (Å²) in [4.78, 5) is 41.8. The number of carbonyl (C=O) groups is 3. The Balaban J connectivity index is 1.43. The zero-order chi connectivity index (χ0) is 27.5. The van der Waals surface area contributed by atoms with Crippen molar-refractivity contribution in [2.75, 3.05) is 0 Å². The minimum absolute atomic E-state index is 0.138. The van der Waals surface area contributed by atoms with Crippen LogP contribution in [0.4, 0.5) is 0 Å². The monoisotopic (exact) mass is 522 g/mol. The van der Waals surface area contributed by atoms with Crippen LogP contribution in [0.15, 0.2) is 85.1 Å². The van der Waals surface area contributed by atoms with Gasteiger partial charge in [-0.3, -0.25) is 25.2 Å². The normalized spacial score (nSPS) is 15.4. The fraction of sp³-hybridized carbons (Fsp3) is 0.281. The fourth-order valence-corrected chi connectivity index (χ4v) is 5.54. The molecule has 0 aliphatic carbocycles. The maximum atomic E-state index is 13.9. The molecule has 200 valence electrons. The number of hydrogen-bond acceptors (Lipinski definition) is 3. The molecule has 5 rings (SSSR count). The molecule has 0 saturated heterocycles. The van der Waals surface area contributed by atoms with Gasteiger partial charge in [0.05, 0.1) is 6.04 Å². The second-order valence-corrected chi connectivity index (χ2v) is 10.6. The Labute approximate surface area is 228 Å². The first-order valence-electron chi connectivity index (χ1n) is 13.4. The number of rotatable bonds is 8. The van der Waals surface area contributed by atoms with Gasteiger partial charge in [0.1, 0.15) is 6.04 Å². The van der Waals surface area contributed by atoms with Crippen molar-refractivity contribution in [1.82, 2.24) is 20.3 Å². The molecule has 3 aromatic carbocycles. The van der Waals surface area contributed by atoms with Gasteiger partial charge in [0, 0.05) is 41.7 Å². The van der Waals surface area contributed by atoms with Crippen molar-refractivity contribution in [2.24, 2.45) is 13.0 Å². The summed E-state index contributed by atoms with van der Waals surface area (Å²) >= 11 is 0. The van der Waals surface area contributed by atoms with Crippen LogP contribution in [0.2, 0.25) is 0 Å². The summed E-state index contributed by atoms with van der Waals surface area (Å²) < 4.78 is 2.05. The summed E-state index contributed by atoms with van der Waals surface area (Å²) in [5.74, 6) is -0.723. The average molecular weight is 523 g/mol. The van der Waals surface area contributed by atoms with Gasteiger partial charge in [0.25, 0.3) is 11.8 Å². The van der Waals surface area contributed by atoms with Gasteiger partial charge in [-0.15, -0.1) is 0 Å². The number of hydrogen-bond donors (Lipinski definition) is 2. The van der Waals surface area contributed by atoms with Crippen LogP contribution in [0.3, 0.4) is 0 Å². The Morgan fingerprint density at radius 2 is 1.56 bits per heavy atom. The van der Waals surface area contributed by atoms with E-state index in [4.69, 9.17) is 0 Å². The third-order valence-electron chi connectivity index (χ3n) is 7.36. The van der Waals surface area contributed by atoms with Crippen LogP contribution < -0.4 is 10.9 Å². The number of carbonyl (C=O) groups excluding carboxylic acids is 3. The molecular formula is C32H34N4O3. The SMILES string of the molecule is CC(C)CC(C(=O)NNC(=O)CCc1ccccc1)N1C(=O)c2ccccc2C1c1cn(C)c2ccccc12.